The van der Waals surface area contributed by atoms with E-state index in [4.69, 9.17) is 15.1 Å². The molecule has 2 aromatic carbocycles. The molecule has 2 rings (SSSR count). The summed E-state index contributed by atoms with van der Waals surface area (Å²) >= 11 is 3.40. The molecule has 0 fully saturated rings. The number of nitriles is 1. The molecule has 0 radical (unpaired) electrons. The number of carboxylic acids is 1. The molecule has 4 nitrogen and oxygen atoms in total. The summed E-state index contributed by atoms with van der Waals surface area (Å²) in [6.45, 7) is 2.47. The fraction of sp³-hybridized carbons (Fsp3) is 0.111. The zero-order chi connectivity index (χ0) is 16.8. The predicted octanol–water partition coefficient (Wildman–Crippen LogP) is 4.33. The average Bonchev–Trinajstić information content (AvgIpc) is 2.53. The smallest absolute Gasteiger partial charge is 0.346 e. The number of benzene rings is 2. The lowest BCUT2D eigenvalue weighted by molar-refractivity contribution is -0.132. The van der Waals surface area contributed by atoms with Crippen LogP contribution in [0.15, 0.2) is 52.5 Å². The van der Waals surface area contributed by atoms with E-state index in [1.807, 2.05) is 31.2 Å². The molecule has 0 heterocycles. The molecule has 2 aromatic rings. The molecule has 0 aromatic heterocycles. The van der Waals surface area contributed by atoms with E-state index in [1.165, 1.54) is 11.6 Å². The first-order chi connectivity index (χ1) is 11.0. The Labute approximate surface area is 142 Å². The summed E-state index contributed by atoms with van der Waals surface area (Å²) in [6, 6.07) is 14.9. The lowest BCUT2D eigenvalue weighted by Crippen LogP contribution is -1.98. The molecule has 0 atom stereocenters. The molecule has 116 valence electrons. The van der Waals surface area contributed by atoms with Crippen molar-refractivity contribution in [3.63, 3.8) is 0 Å². The Morgan fingerprint density at radius 3 is 2.57 bits per heavy atom. The standard InChI is InChI=1S/C18H14BrNO3/c1-12-2-4-13(5-3-12)11-23-17-7-6-14(9-16(17)19)8-15(10-20)18(21)22/h2-9H,11H2,1H3,(H,21,22). The van der Waals surface area contributed by atoms with Crippen molar-refractivity contribution in [2.75, 3.05) is 0 Å². The Kier molecular flexibility index (Phi) is 5.56. The summed E-state index contributed by atoms with van der Waals surface area (Å²) in [5, 5.41) is 17.6. The molecule has 1 N–H and O–H groups in total. The van der Waals surface area contributed by atoms with Crippen LogP contribution in [-0.4, -0.2) is 11.1 Å². The maximum absolute atomic E-state index is 10.8. The van der Waals surface area contributed by atoms with Gasteiger partial charge in [0, 0.05) is 0 Å². The Hall–Kier alpha value is -2.58. The van der Waals surface area contributed by atoms with Crippen LogP contribution >= 0.6 is 15.9 Å². The molecule has 0 amide bonds. The van der Waals surface area contributed by atoms with Crippen LogP contribution in [0.4, 0.5) is 0 Å². The van der Waals surface area contributed by atoms with Crippen LogP contribution in [0.2, 0.25) is 0 Å². The van der Waals surface area contributed by atoms with Crippen LogP contribution in [0.1, 0.15) is 16.7 Å². The highest BCUT2D eigenvalue weighted by Crippen LogP contribution is 2.27. The Morgan fingerprint density at radius 2 is 2.00 bits per heavy atom. The quantitative estimate of drug-likeness (QED) is 0.627. The molecular formula is C18H14BrNO3. The number of hydrogen-bond donors (Lipinski definition) is 1. The number of carboxylic acid groups (broad SMARTS) is 1. The van der Waals surface area contributed by atoms with Crippen LogP contribution in [0, 0.1) is 18.3 Å². The number of carbonyl (C=O) groups is 1. The van der Waals surface area contributed by atoms with Crippen molar-refractivity contribution in [3.05, 3.63) is 69.2 Å². The summed E-state index contributed by atoms with van der Waals surface area (Å²) in [5.74, 6) is -0.597. The summed E-state index contributed by atoms with van der Waals surface area (Å²) in [5.41, 5.74) is 2.55. The maximum Gasteiger partial charge on any atom is 0.346 e. The van der Waals surface area contributed by atoms with E-state index in [1.54, 1.807) is 24.3 Å². The average molecular weight is 372 g/mol. The lowest BCUT2D eigenvalue weighted by atomic mass is 10.1. The monoisotopic (exact) mass is 371 g/mol. The summed E-state index contributed by atoms with van der Waals surface area (Å²) in [4.78, 5) is 10.8. The van der Waals surface area contributed by atoms with Gasteiger partial charge in [0.2, 0.25) is 0 Å². The van der Waals surface area contributed by atoms with Crippen molar-refractivity contribution in [2.24, 2.45) is 0 Å². The van der Waals surface area contributed by atoms with Crippen molar-refractivity contribution in [1.29, 1.82) is 5.26 Å². The van der Waals surface area contributed by atoms with Crippen LogP contribution in [0.25, 0.3) is 6.08 Å². The van der Waals surface area contributed by atoms with Gasteiger partial charge in [-0.3, -0.25) is 0 Å². The van der Waals surface area contributed by atoms with Gasteiger partial charge in [-0.05, 0) is 52.2 Å². The van der Waals surface area contributed by atoms with Crippen molar-refractivity contribution < 1.29 is 14.6 Å². The van der Waals surface area contributed by atoms with Crippen molar-refractivity contribution in [3.8, 4) is 11.8 Å². The summed E-state index contributed by atoms with van der Waals surface area (Å²) < 4.78 is 6.44. The van der Waals surface area contributed by atoms with E-state index in [2.05, 4.69) is 15.9 Å². The Balaban J connectivity index is 2.12. The third-order valence-corrected chi connectivity index (χ3v) is 3.75. The number of aryl methyl sites for hydroxylation is 1. The normalized spacial score (nSPS) is 10.9. The Morgan fingerprint density at radius 1 is 1.30 bits per heavy atom. The predicted molar refractivity (Wildman–Crippen MR) is 90.9 cm³/mol. The van der Waals surface area contributed by atoms with Crippen LogP contribution in [0.3, 0.4) is 0 Å². The first-order valence-corrected chi connectivity index (χ1v) is 7.62. The molecule has 0 saturated heterocycles. The van der Waals surface area contributed by atoms with Crippen molar-refractivity contribution in [1.82, 2.24) is 0 Å². The molecule has 5 heteroatoms. The molecule has 23 heavy (non-hydrogen) atoms. The van der Waals surface area contributed by atoms with E-state index in [0.717, 1.165) is 5.56 Å². The molecule has 0 aliphatic heterocycles. The number of aliphatic carboxylic acids is 1. The highest BCUT2D eigenvalue weighted by molar-refractivity contribution is 9.10. The number of hydrogen-bond acceptors (Lipinski definition) is 3. The highest BCUT2D eigenvalue weighted by atomic mass is 79.9. The zero-order valence-corrected chi connectivity index (χ0v) is 14.0. The van der Waals surface area contributed by atoms with Gasteiger partial charge in [0.05, 0.1) is 4.47 Å². The van der Waals surface area contributed by atoms with Gasteiger partial charge in [0.25, 0.3) is 0 Å². The zero-order valence-electron chi connectivity index (χ0n) is 12.4. The third-order valence-electron chi connectivity index (χ3n) is 3.13. The molecule has 0 aliphatic carbocycles. The topological polar surface area (TPSA) is 70.3 Å². The highest BCUT2D eigenvalue weighted by Gasteiger charge is 2.07. The van der Waals surface area contributed by atoms with Gasteiger partial charge in [-0.2, -0.15) is 5.26 Å². The van der Waals surface area contributed by atoms with Gasteiger partial charge in [0.1, 0.15) is 24.0 Å². The van der Waals surface area contributed by atoms with Gasteiger partial charge >= 0.3 is 5.97 Å². The van der Waals surface area contributed by atoms with Crippen LogP contribution in [0.5, 0.6) is 5.75 Å². The largest absolute Gasteiger partial charge is 0.488 e. The minimum absolute atomic E-state index is 0.315. The molecule has 0 bridgehead atoms. The molecule has 0 saturated carbocycles. The minimum atomic E-state index is -1.25. The molecule has 0 spiro atoms. The molecule has 0 aliphatic rings. The summed E-state index contributed by atoms with van der Waals surface area (Å²) in [6.07, 6.45) is 1.32. The van der Waals surface area contributed by atoms with Crippen molar-refractivity contribution >= 4 is 28.0 Å². The van der Waals surface area contributed by atoms with E-state index >= 15 is 0 Å². The number of nitrogens with zero attached hydrogens (tertiary/aromatic N) is 1. The minimum Gasteiger partial charge on any atom is -0.488 e. The van der Waals surface area contributed by atoms with Gasteiger partial charge < -0.3 is 9.84 Å². The van der Waals surface area contributed by atoms with Gasteiger partial charge in [0.15, 0.2) is 0 Å². The fourth-order valence-corrected chi connectivity index (χ4v) is 2.39. The Bertz CT molecular complexity index is 789. The first-order valence-electron chi connectivity index (χ1n) is 6.82. The van der Waals surface area contributed by atoms with Gasteiger partial charge in [-0.1, -0.05) is 35.9 Å². The molecular weight excluding hydrogens is 358 g/mol. The van der Waals surface area contributed by atoms with E-state index < -0.39 is 5.97 Å². The van der Waals surface area contributed by atoms with Gasteiger partial charge in [-0.25, -0.2) is 4.79 Å². The maximum atomic E-state index is 10.8. The van der Waals surface area contributed by atoms with Crippen LogP contribution < -0.4 is 4.74 Å². The second-order valence-electron chi connectivity index (χ2n) is 4.94. The fourth-order valence-electron chi connectivity index (χ4n) is 1.88. The lowest BCUT2D eigenvalue weighted by Gasteiger charge is -2.09. The first kappa shape index (κ1) is 16.8. The van der Waals surface area contributed by atoms with E-state index in [-0.39, 0.29) is 5.57 Å². The number of ether oxygens (including phenoxy) is 1. The number of halogens is 1. The summed E-state index contributed by atoms with van der Waals surface area (Å²) in [7, 11) is 0. The second-order valence-corrected chi connectivity index (χ2v) is 5.79. The SMILES string of the molecule is Cc1ccc(COc2ccc(C=C(C#N)C(=O)O)cc2Br)cc1. The van der Waals surface area contributed by atoms with Gasteiger partial charge in [-0.15, -0.1) is 0 Å². The van der Waals surface area contributed by atoms with Crippen LogP contribution in [-0.2, 0) is 11.4 Å². The van der Waals surface area contributed by atoms with E-state index in [0.29, 0.717) is 22.4 Å². The third kappa shape index (κ3) is 4.70. The number of rotatable bonds is 5. The van der Waals surface area contributed by atoms with Crippen molar-refractivity contribution in [2.45, 2.75) is 13.5 Å². The molecule has 0 unspecified atom stereocenters. The second kappa shape index (κ2) is 7.61. The van der Waals surface area contributed by atoms with E-state index in [9.17, 15) is 4.79 Å².